The maximum absolute atomic E-state index is 12.4. The van der Waals surface area contributed by atoms with Gasteiger partial charge < -0.3 is 4.90 Å². The molecule has 5 heteroatoms. The molecular formula is C20H20N2OS2. The third kappa shape index (κ3) is 3.18. The van der Waals surface area contributed by atoms with E-state index in [4.69, 9.17) is 0 Å². The number of hydrogen-bond donors (Lipinski definition) is 0. The summed E-state index contributed by atoms with van der Waals surface area (Å²) in [6, 6.07) is 12.8. The molecule has 1 aliphatic rings. The van der Waals surface area contributed by atoms with Crippen LogP contribution in [-0.4, -0.2) is 28.1 Å². The molecule has 25 heavy (non-hydrogen) atoms. The highest BCUT2D eigenvalue weighted by molar-refractivity contribution is 8.00. The monoisotopic (exact) mass is 368 g/mol. The van der Waals surface area contributed by atoms with Crippen molar-refractivity contribution in [1.82, 2.24) is 9.88 Å². The Kier molecular flexibility index (Phi) is 4.52. The minimum atomic E-state index is 0.0591. The molecule has 0 spiro atoms. The first kappa shape index (κ1) is 16.6. The Hall–Kier alpha value is -1.85. The fourth-order valence-electron chi connectivity index (χ4n) is 3.24. The standard InChI is InChI=1S/C20H20N2OS2/c1-13(2)11-22-19(23)12-24-20(22)16-10-21-8-7-15(16)18-9-14-5-3-4-6-17(14)25-18/h3-10,13,20H,11-12H2,1-2H3. The van der Waals surface area contributed by atoms with E-state index in [-0.39, 0.29) is 11.3 Å². The maximum Gasteiger partial charge on any atom is 0.233 e. The van der Waals surface area contributed by atoms with Gasteiger partial charge in [-0.25, -0.2) is 0 Å². The van der Waals surface area contributed by atoms with Crippen LogP contribution in [0.3, 0.4) is 0 Å². The first-order valence-electron chi connectivity index (χ1n) is 8.47. The smallest absolute Gasteiger partial charge is 0.233 e. The number of nitrogens with zero attached hydrogens (tertiary/aromatic N) is 2. The molecule has 1 fully saturated rings. The zero-order valence-electron chi connectivity index (χ0n) is 14.3. The molecule has 0 aliphatic carbocycles. The Morgan fingerprint density at radius 3 is 2.92 bits per heavy atom. The van der Waals surface area contributed by atoms with Gasteiger partial charge in [0.25, 0.3) is 0 Å². The second kappa shape index (κ2) is 6.81. The van der Waals surface area contributed by atoms with Gasteiger partial charge in [-0.2, -0.15) is 0 Å². The molecule has 0 saturated carbocycles. The van der Waals surface area contributed by atoms with Crippen LogP contribution in [0.1, 0.15) is 24.8 Å². The molecule has 128 valence electrons. The molecule has 0 radical (unpaired) electrons. The molecule has 1 amide bonds. The van der Waals surface area contributed by atoms with Gasteiger partial charge in [-0.3, -0.25) is 9.78 Å². The Balaban J connectivity index is 1.77. The Morgan fingerprint density at radius 2 is 2.12 bits per heavy atom. The number of fused-ring (bicyclic) bond motifs is 1. The van der Waals surface area contributed by atoms with Crippen LogP contribution >= 0.6 is 23.1 Å². The van der Waals surface area contributed by atoms with Crippen LogP contribution in [0.25, 0.3) is 20.5 Å². The van der Waals surface area contributed by atoms with Gasteiger partial charge in [0, 0.05) is 39.6 Å². The number of amides is 1. The molecule has 3 aromatic rings. The predicted molar refractivity (Wildman–Crippen MR) is 107 cm³/mol. The van der Waals surface area contributed by atoms with E-state index >= 15 is 0 Å². The summed E-state index contributed by atoms with van der Waals surface area (Å²) in [5.74, 6) is 1.24. The molecule has 3 nitrogen and oxygen atoms in total. The van der Waals surface area contributed by atoms with E-state index in [1.54, 1.807) is 23.1 Å². The molecular weight excluding hydrogens is 348 g/mol. The number of rotatable bonds is 4. The van der Waals surface area contributed by atoms with Crippen molar-refractivity contribution in [3.8, 4) is 10.4 Å². The third-order valence-electron chi connectivity index (χ3n) is 4.34. The number of thiophene rings is 1. The van der Waals surface area contributed by atoms with E-state index in [0.717, 1.165) is 12.1 Å². The lowest BCUT2D eigenvalue weighted by Gasteiger charge is -2.27. The van der Waals surface area contributed by atoms with Gasteiger partial charge in [-0.05, 0) is 29.5 Å². The summed E-state index contributed by atoms with van der Waals surface area (Å²) in [5.41, 5.74) is 2.34. The second-order valence-electron chi connectivity index (χ2n) is 6.71. The molecule has 1 aliphatic heterocycles. The van der Waals surface area contributed by atoms with E-state index in [9.17, 15) is 4.79 Å². The zero-order chi connectivity index (χ0) is 17.4. The van der Waals surface area contributed by atoms with Crippen molar-refractivity contribution < 1.29 is 4.79 Å². The highest BCUT2D eigenvalue weighted by atomic mass is 32.2. The molecule has 2 aromatic heterocycles. The van der Waals surface area contributed by atoms with Gasteiger partial charge in [-0.15, -0.1) is 23.1 Å². The van der Waals surface area contributed by atoms with Crippen molar-refractivity contribution in [1.29, 1.82) is 0 Å². The summed E-state index contributed by atoms with van der Waals surface area (Å²) < 4.78 is 1.29. The lowest BCUT2D eigenvalue weighted by atomic mass is 10.1. The summed E-state index contributed by atoms with van der Waals surface area (Å²) in [5, 5.41) is 1.32. The molecule has 0 N–H and O–H groups in total. The number of aromatic nitrogens is 1. The van der Waals surface area contributed by atoms with E-state index in [1.165, 1.54) is 20.5 Å². The lowest BCUT2D eigenvalue weighted by Crippen LogP contribution is -2.31. The number of benzene rings is 1. The third-order valence-corrected chi connectivity index (χ3v) is 6.73. The van der Waals surface area contributed by atoms with Crippen molar-refractivity contribution in [2.45, 2.75) is 19.2 Å². The highest BCUT2D eigenvalue weighted by Gasteiger charge is 2.34. The van der Waals surface area contributed by atoms with Crippen molar-refractivity contribution in [2.75, 3.05) is 12.3 Å². The second-order valence-corrected chi connectivity index (χ2v) is 8.87. The number of carbonyl (C=O) groups is 1. The molecule has 3 heterocycles. The number of hydrogen-bond acceptors (Lipinski definition) is 4. The molecule has 1 aromatic carbocycles. The first-order valence-corrected chi connectivity index (χ1v) is 10.3. The quantitative estimate of drug-likeness (QED) is 0.635. The summed E-state index contributed by atoms with van der Waals surface area (Å²) >= 11 is 3.51. The molecule has 1 saturated heterocycles. The van der Waals surface area contributed by atoms with Crippen LogP contribution in [0.2, 0.25) is 0 Å². The Bertz CT molecular complexity index is 886. The van der Waals surface area contributed by atoms with Gasteiger partial charge in [0.1, 0.15) is 5.37 Å². The lowest BCUT2D eigenvalue weighted by molar-refractivity contribution is -0.128. The summed E-state index contributed by atoms with van der Waals surface area (Å²) in [7, 11) is 0. The SMILES string of the molecule is CC(C)CN1C(=O)CSC1c1cnccc1-c1cc2ccccc2s1. The number of thioether (sulfide) groups is 1. The minimum Gasteiger partial charge on any atom is -0.325 e. The first-order chi connectivity index (χ1) is 12.1. The maximum atomic E-state index is 12.4. The van der Waals surface area contributed by atoms with Crippen LogP contribution < -0.4 is 0 Å². The topological polar surface area (TPSA) is 33.2 Å². The minimum absolute atomic E-state index is 0.0591. The summed E-state index contributed by atoms with van der Waals surface area (Å²) in [6.07, 6.45) is 3.78. The van der Waals surface area contributed by atoms with Gasteiger partial charge in [0.15, 0.2) is 0 Å². The number of carbonyl (C=O) groups excluding carboxylic acids is 1. The molecule has 1 unspecified atom stereocenters. The van der Waals surface area contributed by atoms with Crippen LogP contribution in [0, 0.1) is 5.92 Å². The van der Waals surface area contributed by atoms with Gasteiger partial charge in [-0.1, -0.05) is 32.0 Å². The van der Waals surface area contributed by atoms with E-state index in [0.29, 0.717) is 11.7 Å². The van der Waals surface area contributed by atoms with Crippen LogP contribution in [-0.2, 0) is 4.79 Å². The highest BCUT2D eigenvalue weighted by Crippen LogP contribution is 2.44. The molecule has 1 atom stereocenters. The fourth-order valence-corrected chi connectivity index (χ4v) is 5.57. The number of pyridine rings is 1. The largest absolute Gasteiger partial charge is 0.325 e. The predicted octanol–water partition coefficient (Wildman–Crippen LogP) is 5.19. The van der Waals surface area contributed by atoms with Crippen molar-refractivity contribution in [2.24, 2.45) is 5.92 Å². The van der Waals surface area contributed by atoms with Crippen LogP contribution in [0.15, 0.2) is 48.8 Å². The zero-order valence-corrected chi connectivity index (χ0v) is 15.9. The summed E-state index contributed by atoms with van der Waals surface area (Å²) in [4.78, 5) is 20.0. The molecule has 0 bridgehead atoms. The van der Waals surface area contributed by atoms with Gasteiger partial charge in [0.2, 0.25) is 5.91 Å². The van der Waals surface area contributed by atoms with Crippen molar-refractivity contribution in [3.05, 3.63) is 54.4 Å². The van der Waals surface area contributed by atoms with E-state index in [1.807, 2.05) is 17.3 Å². The van der Waals surface area contributed by atoms with E-state index < -0.39 is 0 Å². The average Bonchev–Trinajstić information content (AvgIpc) is 3.19. The van der Waals surface area contributed by atoms with Gasteiger partial charge >= 0.3 is 0 Å². The Labute approximate surface area is 156 Å². The van der Waals surface area contributed by atoms with Crippen LogP contribution in [0.5, 0.6) is 0 Å². The van der Waals surface area contributed by atoms with Crippen molar-refractivity contribution in [3.63, 3.8) is 0 Å². The van der Waals surface area contributed by atoms with Gasteiger partial charge in [0.05, 0.1) is 5.75 Å². The average molecular weight is 369 g/mol. The Morgan fingerprint density at radius 1 is 1.28 bits per heavy atom. The van der Waals surface area contributed by atoms with Crippen LogP contribution in [0.4, 0.5) is 0 Å². The normalized spacial score (nSPS) is 17.8. The van der Waals surface area contributed by atoms with E-state index in [2.05, 4.69) is 55.2 Å². The van der Waals surface area contributed by atoms with Crippen molar-refractivity contribution >= 4 is 39.1 Å². The summed E-state index contributed by atoms with van der Waals surface area (Å²) in [6.45, 7) is 5.10. The molecule has 4 rings (SSSR count). The fraction of sp³-hybridized carbons (Fsp3) is 0.300.